The summed E-state index contributed by atoms with van der Waals surface area (Å²) in [7, 11) is 0. The highest BCUT2D eigenvalue weighted by Gasteiger charge is 2.28. The van der Waals surface area contributed by atoms with Gasteiger partial charge in [-0.3, -0.25) is 9.59 Å². The molecule has 0 aromatic heterocycles. The maximum Gasteiger partial charge on any atom is 0.252 e. The van der Waals surface area contributed by atoms with Crippen LogP contribution in [0.4, 0.5) is 0 Å². The first-order chi connectivity index (χ1) is 13.2. The molecular formula is C20H20N2O5. The highest BCUT2D eigenvalue weighted by Crippen LogP contribution is 2.32. The summed E-state index contributed by atoms with van der Waals surface area (Å²) in [6.45, 7) is 0.694. The highest BCUT2D eigenvalue weighted by molar-refractivity contribution is 5.98. The van der Waals surface area contributed by atoms with Gasteiger partial charge in [0.1, 0.15) is 6.04 Å². The van der Waals surface area contributed by atoms with Gasteiger partial charge in [0.25, 0.3) is 5.91 Å². The molecule has 4 rings (SSSR count). The molecule has 2 aliphatic rings. The lowest BCUT2D eigenvalue weighted by atomic mass is 9.99. The van der Waals surface area contributed by atoms with Gasteiger partial charge in [0, 0.05) is 18.7 Å². The van der Waals surface area contributed by atoms with Crippen LogP contribution in [0.5, 0.6) is 11.5 Å². The van der Waals surface area contributed by atoms with Crippen molar-refractivity contribution in [1.29, 1.82) is 0 Å². The fourth-order valence-electron chi connectivity index (χ4n) is 3.37. The quantitative estimate of drug-likeness (QED) is 0.844. The number of ether oxygens (including phenoxy) is 2. The molecule has 0 unspecified atom stereocenters. The molecule has 7 heteroatoms. The number of carbonyl (C=O) groups excluding carboxylic acids is 2. The second-order valence-corrected chi connectivity index (χ2v) is 6.56. The minimum Gasteiger partial charge on any atom is -0.454 e. The van der Waals surface area contributed by atoms with Crippen LogP contribution in [0.15, 0.2) is 42.5 Å². The maximum absolute atomic E-state index is 12.8. The van der Waals surface area contributed by atoms with Gasteiger partial charge in [0.15, 0.2) is 11.5 Å². The number of rotatable bonds is 4. The summed E-state index contributed by atoms with van der Waals surface area (Å²) in [6.07, 6.45) is 0.760. The van der Waals surface area contributed by atoms with Gasteiger partial charge >= 0.3 is 0 Å². The van der Waals surface area contributed by atoms with Crippen LogP contribution in [0.25, 0.3) is 0 Å². The minimum absolute atomic E-state index is 0.120. The lowest BCUT2D eigenvalue weighted by Gasteiger charge is -2.31. The van der Waals surface area contributed by atoms with Crippen molar-refractivity contribution >= 4 is 11.8 Å². The van der Waals surface area contributed by atoms with E-state index in [1.807, 2.05) is 18.2 Å². The average molecular weight is 368 g/mol. The fourth-order valence-corrected chi connectivity index (χ4v) is 3.37. The van der Waals surface area contributed by atoms with Crippen molar-refractivity contribution < 1.29 is 24.2 Å². The van der Waals surface area contributed by atoms with Gasteiger partial charge in [0.2, 0.25) is 12.7 Å². The Morgan fingerprint density at radius 1 is 1.11 bits per heavy atom. The largest absolute Gasteiger partial charge is 0.454 e. The number of benzene rings is 2. The van der Waals surface area contributed by atoms with Gasteiger partial charge in [0.05, 0.1) is 6.61 Å². The van der Waals surface area contributed by atoms with Crippen molar-refractivity contribution in [2.75, 3.05) is 19.9 Å². The first-order valence-corrected chi connectivity index (χ1v) is 8.82. The molecule has 7 nitrogen and oxygen atoms in total. The first-order valence-electron chi connectivity index (χ1n) is 8.82. The Morgan fingerprint density at radius 3 is 2.70 bits per heavy atom. The number of hydrogen-bond donors (Lipinski definition) is 2. The first kappa shape index (κ1) is 17.4. The van der Waals surface area contributed by atoms with Gasteiger partial charge in [-0.05, 0) is 35.7 Å². The lowest BCUT2D eigenvalue weighted by Crippen LogP contribution is -2.51. The van der Waals surface area contributed by atoms with Gasteiger partial charge in [-0.2, -0.15) is 0 Å². The number of aliphatic hydroxyl groups excluding tert-OH is 1. The number of carbonyl (C=O) groups is 2. The molecule has 0 spiro atoms. The Hall–Kier alpha value is -3.06. The van der Waals surface area contributed by atoms with E-state index >= 15 is 0 Å². The van der Waals surface area contributed by atoms with Crippen LogP contribution in [-0.2, 0) is 17.8 Å². The molecule has 27 heavy (non-hydrogen) atoms. The molecule has 2 heterocycles. The third kappa shape index (κ3) is 3.46. The molecule has 0 bridgehead atoms. The third-order valence-corrected chi connectivity index (χ3v) is 4.86. The topological polar surface area (TPSA) is 88.1 Å². The zero-order valence-corrected chi connectivity index (χ0v) is 14.7. The van der Waals surface area contributed by atoms with Crippen LogP contribution in [0.2, 0.25) is 0 Å². The van der Waals surface area contributed by atoms with E-state index in [9.17, 15) is 14.7 Å². The van der Waals surface area contributed by atoms with E-state index in [0.717, 1.165) is 12.0 Å². The molecule has 140 valence electrons. The minimum atomic E-state index is -0.992. The Bertz CT molecular complexity index is 882. The van der Waals surface area contributed by atoms with Crippen LogP contribution in [0.1, 0.15) is 21.5 Å². The summed E-state index contributed by atoms with van der Waals surface area (Å²) in [4.78, 5) is 27.0. The van der Waals surface area contributed by atoms with Crippen molar-refractivity contribution in [1.82, 2.24) is 10.2 Å². The summed E-state index contributed by atoms with van der Waals surface area (Å²) in [6, 6.07) is 11.8. The SMILES string of the molecule is O=C(N[C@@H](CO)C(=O)N1CCc2ccccc2C1)c1ccc2c(c1)OCO2. The van der Waals surface area contributed by atoms with E-state index < -0.39 is 18.6 Å². The second kappa shape index (κ2) is 7.28. The Labute approximate surface area is 156 Å². The molecule has 1 atom stereocenters. The zero-order chi connectivity index (χ0) is 18.8. The number of aliphatic hydroxyl groups is 1. The van der Waals surface area contributed by atoms with E-state index in [0.29, 0.717) is 30.2 Å². The normalized spacial score (nSPS) is 15.8. The summed E-state index contributed by atoms with van der Waals surface area (Å²) < 4.78 is 10.5. The van der Waals surface area contributed by atoms with E-state index in [2.05, 4.69) is 11.4 Å². The van der Waals surface area contributed by atoms with Crippen LogP contribution in [0.3, 0.4) is 0 Å². The number of fused-ring (bicyclic) bond motifs is 2. The van der Waals surface area contributed by atoms with Crippen molar-refractivity contribution in [2.45, 2.75) is 19.0 Å². The van der Waals surface area contributed by atoms with Crippen molar-refractivity contribution in [3.63, 3.8) is 0 Å². The summed E-state index contributed by atoms with van der Waals surface area (Å²) in [5.41, 5.74) is 2.66. The summed E-state index contributed by atoms with van der Waals surface area (Å²) in [5.74, 6) is 0.328. The van der Waals surface area contributed by atoms with Gasteiger partial charge in [-0.1, -0.05) is 24.3 Å². The molecule has 2 aliphatic heterocycles. The van der Waals surface area contributed by atoms with E-state index in [4.69, 9.17) is 9.47 Å². The molecule has 0 saturated carbocycles. The van der Waals surface area contributed by atoms with Gasteiger partial charge in [-0.15, -0.1) is 0 Å². The smallest absolute Gasteiger partial charge is 0.252 e. The monoisotopic (exact) mass is 368 g/mol. The second-order valence-electron chi connectivity index (χ2n) is 6.56. The molecule has 2 N–H and O–H groups in total. The third-order valence-electron chi connectivity index (χ3n) is 4.86. The van der Waals surface area contributed by atoms with Crippen LogP contribution in [-0.4, -0.2) is 47.8 Å². The highest BCUT2D eigenvalue weighted by atomic mass is 16.7. The van der Waals surface area contributed by atoms with Gasteiger partial charge < -0.3 is 24.8 Å². The molecule has 0 saturated heterocycles. The number of nitrogens with one attached hydrogen (secondary N) is 1. The molecule has 2 aromatic rings. The standard InChI is InChI=1S/C20H20N2O5/c23-11-16(20(25)22-8-7-13-3-1-2-4-15(13)10-22)21-19(24)14-5-6-17-18(9-14)27-12-26-17/h1-6,9,16,23H,7-8,10-12H2,(H,21,24)/t16-/m0/s1. The Morgan fingerprint density at radius 2 is 1.89 bits per heavy atom. The van der Waals surface area contributed by atoms with Crippen molar-refractivity contribution in [3.8, 4) is 11.5 Å². The van der Waals surface area contributed by atoms with Crippen LogP contribution < -0.4 is 14.8 Å². The number of hydrogen-bond acceptors (Lipinski definition) is 5. The predicted octanol–water partition coefficient (Wildman–Crippen LogP) is 1.09. The zero-order valence-electron chi connectivity index (χ0n) is 14.7. The Kier molecular flexibility index (Phi) is 4.68. The summed E-state index contributed by atoms with van der Waals surface area (Å²) >= 11 is 0. The van der Waals surface area contributed by atoms with Gasteiger partial charge in [-0.25, -0.2) is 0 Å². The number of amides is 2. The Balaban J connectivity index is 1.44. The lowest BCUT2D eigenvalue weighted by molar-refractivity contribution is -0.135. The molecule has 0 aliphatic carbocycles. The molecular weight excluding hydrogens is 348 g/mol. The van der Waals surface area contributed by atoms with E-state index in [1.165, 1.54) is 5.56 Å². The van der Waals surface area contributed by atoms with Crippen LogP contribution in [0, 0.1) is 0 Å². The van der Waals surface area contributed by atoms with Crippen molar-refractivity contribution in [3.05, 3.63) is 59.2 Å². The maximum atomic E-state index is 12.8. The predicted molar refractivity (Wildman–Crippen MR) is 96.5 cm³/mol. The molecule has 0 radical (unpaired) electrons. The molecule has 2 amide bonds. The van der Waals surface area contributed by atoms with E-state index in [-0.39, 0.29) is 12.7 Å². The fraction of sp³-hybridized carbons (Fsp3) is 0.300. The average Bonchev–Trinajstić information content (AvgIpc) is 3.18. The molecule has 2 aromatic carbocycles. The van der Waals surface area contributed by atoms with Crippen molar-refractivity contribution in [2.24, 2.45) is 0 Å². The number of nitrogens with zero attached hydrogens (tertiary/aromatic N) is 1. The molecule has 0 fully saturated rings. The van der Waals surface area contributed by atoms with Crippen LogP contribution >= 0.6 is 0 Å². The summed E-state index contributed by atoms with van der Waals surface area (Å²) in [5, 5.41) is 12.3. The van der Waals surface area contributed by atoms with E-state index in [1.54, 1.807) is 23.1 Å².